The summed E-state index contributed by atoms with van der Waals surface area (Å²) in [4.78, 5) is 12.1. The number of carbonyl (C=O) groups is 1. The summed E-state index contributed by atoms with van der Waals surface area (Å²) in [5.74, 6) is -0.152. The quantitative estimate of drug-likeness (QED) is 0.784. The molecule has 0 saturated heterocycles. The highest BCUT2D eigenvalue weighted by Gasteiger charge is 2.39. The van der Waals surface area contributed by atoms with E-state index in [9.17, 15) is 4.79 Å². The summed E-state index contributed by atoms with van der Waals surface area (Å²) in [6, 6.07) is 10.6. The molecule has 0 heterocycles. The number of nitrogens with one attached hydrogen (secondary N) is 1. The van der Waals surface area contributed by atoms with Crippen LogP contribution in [0.3, 0.4) is 0 Å². The maximum absolute atomic E-state index is 12.1. The Bertz CT molecular complexity index is 400. The third kappa shape index (κ3) is 3.33. The normalized spacial score (nSPS) is 18.1. The van der Waals surface area contributed by atoms with E-state index in [2.05, 4.69) is 5.32 Å². The summed E-state index contributed by atoms with van der Waals surface area (Å²) in [6.45, 7) is 4.21. The lowest BCUT2D eigenvalue weighted by atomic mass is 9.92. The fourth-order valence-corrected chi connectivity index (χ4v) is 2.15. The summed E-state index contributed by atoms with van der Waals surface area (Å²) in [5.41, 5.74) is 0.541. The van der Waals surface area contributed by atoms with Gasteiger partial charge in [0.05, 0.1) is 6.61 Å². The molecule has 0 amide bonds. The summed E-state index contributed by atoms with van der Waals surface area (Å²) < 4.78 is 5.21. The standard InChI is InChI=1S/C15H21NO2/c1-3-18-14(17)15(2,16-13-9-10-13)11-12-7-5-4-6-8-12/h4-8,13,16H,3,9-11H2,1-2H3. The van der Waals surface area contributed by atoms with Gasteiger partial charge in [-0.05, 0) is 32.3 Å². The Morgan fingerprint density at radius 1 is 1.39 bits per heavy atom. The van der Waals surface area contributed by atoms with Crippen LogP contribution in [-0.4, -0.2) is 24.2 Å². The van der Waals surface area contributed by atoms with E-state index < -0.39 is 5.54 Å². The van der Waals surface area contributed by atoms with Crippen LogP contribution in [0.2, 0.25) is 0 Å². The second-order valence-corrected chi connectivity index (χ2v) is 5.13. The topological polar surface area (TPSA) is 38.3 Å². The van der Waals surface area contributed by atoms with E-state index >= 15 is 0 Å². The minimum absolute atomic E-state index is 0.152. The molecule has 1 aromatic rings. The van der Waals surface area contributed by atoms with Gasteiger partial charge in [-0.25, -0.2) is 0 Å². The van der Waals surface area contributed by atoms with Crippen molar-refractivity contribution in [2.75, 3.05) is 6.61 Å². The van der Waals surface area contributed by atoms with Gasteiger partial charge >= 0.3 is 5.97 Å². The van der Waals surface area contributed by atoms with Crippen LogP contribution in [0.4, 0.5) is 0 Å². The zero-order valence-electron chi connectivity index (χ0n) is 11.1. The lowest BCUT2D eigenvalue weighted by Gasteiger charge is -2.28. The summed E-state index contributed by atoms with van der Waals surface area (Å²) in [6.07, 6.45) is 2.98. The molecule has 1 unspecified atom stereocenters. The number of esters is 1. The molecule has 2 rings (SSSR count). The van der Waals surface area contributed by atoms with E-state index in [1.165, 1.54) is 0 Å². The first kappa shape index (κ1) is 13.1. The van der Waals surface area contributed by atoms with Crippen molar-refractivity contribution in [3.63, 3.8) is 0 Å². The minimum Gasteiger partial charge on any atom is -0.465 e. The monoisotopic (exact) mass is 247 g/mol. The molecule has 0 spiro atoms. The van der Waals surface area contributed by atoms with Crippen molar-refractivity contribution < 1.29 is 9.53 Å². The number of rotatable bonds is 6. The molecule has 0 aliphatic heterocycles. The highest BCUT2D eigenvalue weighted by molar-refractivity contribution is 5.81. The van der Waals surface area contributed by atoms with Crippen LogP contribution in [0.15, 0.2) is 30.3 Å². The van der Waals surface area contributed by atoms with Crippen molar-refractivity contribution in [2.24, 2.45) is 0 Å². The first-order chi connectivity index (χ1) is 8.64. The number of hydrogen-bond acceptors (Lipinski definition) is 3. The highest BCUT2D eigenvalue weighted by Crippen LogP contribution is 2.25. The van der Waals surface area contributed by atoms with Crippen molar-refractivity contribution in [3.05, 3.63) is 35.9 Å². The molecule has 0 radical (unpaired) electrons. The maximum atomic E-state index is 12.1. The Morgan fingerprint density at radius 2 is 2.06 bits per heavy atom. The van der Waals surface area contributed by atoms with Crippen molar-refractivity contribution in [2.45, 2.75) is 44.7 Å². The molecule has 3 nitrogen and oxygen atoms in total. The van der Waals surface area contributed by atoms with Crippen LogP contribution in [0.1, 0.15) is 32.3 Å². The number of carbonyl (C=O) groups excluding carboxylic acids is 1. The molecule has 0 bridgehead atoms. The van der Waals surface area contributed by atoms with E-state index in [1.807, 2.05) is 44.2 Å². The molecule has 1 aliphatic carbocycles. The number of hydrogen-bond donors (Lipinski definition) is 1. The molecule has 98 valence electrons. The van der Waals surface area contributed by atoms with E-state index in [0.29, 0.717) is 19.1 Å². The number of benzene rings is 1. The van der Waals surface area contributed by atoms with Crippen LogP contribution in [-0.2, 0) is 16.0 Å². The zero-order valence-corrected chi connectivity index (χ0v) is 11.1. The Balaban J connectivity index is 2.10. The Labute approximate surface area is 109 Å². The van der Waals surface area contributed by atoms with Gasteiger partial charge in [-0.2, -0.15) is 0 Å². The van der Waals surface area contributed by atoms with Gasteiger partial charge in [-0.1, -0.05) is 30.3 Å². The van der Waals surface area contributed by atoms with Crippen LogP contribution in [0.5, 0.6) is 0 Å². The van der Waals surface area contributed by atoms with E-state index in [4.69, 9.17) is 4.74 Å². The summed E-state index contributed by atoms with van der Waals surface area (Å²) >= 11 is 0. The molecule has 1 fully saturated rings. The second-order valence-electron chi connectivity index (χ2n) is 5.13. The Hall–Kier alpha value is -1.35. The molecular weight excluding hydrogens is 226 g/mol. The predicted octanol–water partition coefficient (Wildman–Crippen LogP) is 2.30. The van der Waals surface area contributed by atoms with Crippen molar-refractivity contribution in [1.82, 2.24) is 5.32 Å². The third-order valence-electron chi connectivity index (χ3n) is 3.23. The van der Waals surface area contributed by atoms with Gasteiger partial charge in [0.2, 0.25) is 0 Å². The first-order valence-electron chi connectivity index (χ1n) is 6.63. The molecule has 1 saturated carbocycles. The molecule has 1 aromatic carbocycles. The fraction of sp³-hybridized carbons (Fsp3) is 0.533. The fourth-order valence-electron chi connectivity index (χ4n) is 2.15. The van der Waals surface area contributed by atoms with Gasteiger partial charge in [-0.3, -0.25) is 10.1 Å². The van der Waals surface area contributed by atoms with Gasteiger partial charge in [0.1, 0.15) is 5.54 Å². The Kier molecular flexibility index (Phi) is 4.02. The Morgan fingerprint density at radius 3 is 2.61 bits per heavy atom. The second kappa shape index (κ2) is 5.53. The molecule has 3 heteroatoms. The van der Waals surface area contributed by atoms with E-state index in [0.717, 1.165) is 18.4 Å². The first-order valence-corrected chi connectivity index (χ1v) is 6.63. The average Bonchev–Trinajstić information content (AvgIpc) is 3.14. The highest BCUT2D eigenvalue weighted by atomic mass is 16.5. The van der Waals surface area contributed by atoms with Crippen molar-refractivity contribution >= 4 is 5.97 Å². The van der Waals surface area contributed by atoms with E-state index in [-0.39, 0.29) is 5.97 Å². The summed E-state index contributed by atoms with van der Waals surface area (Å²) in [5, 5.41) is 3.43. The van der Waals surface area contributed by atoms with Gasteiger partial charge in [0.15, 0.2) is 0 Å². The van der Waals surface area contributed by atoms with Crippen LogP contribution >= 0.6 is 0 Å². The molecule has 1 N–H and O–H groups in total. The van der Waals surface area contributed by atoms with Crippen molar-refractivity contribution in [1.29, 1.82) is 0 Å². The largest absolute Gasteiger partial charge is 0.465 e. The lowest BCUT2D eigenvalue weighted by molar-refractivity contribution is -0.150. The average molecular weight is 247 g/mol. The lowest BCUT2D eigenvalue weighted by Crippen LogP contribution is -2.53. The predicted molar refractivity (Wildman–Crippen MR) is 71.3 cm³/mol. The number of ether oxygens (including phenoxy) is 1. The molecule has 1 aliphatic rings. The smallest absolute Gasteiger partial charge is 0.326 e. The molecule has 18 heavy (non-hydrogen) atoms. The zero-order chi connectivity index (χ0) is 13.0. The van der Waals surface area contributed by atoms with E-state index in [1.54, 1.807) is 0 Å². The minimum atomic E-state index is -0.613. The van der Waals surface area contributed by atoms with Crippen LogP contribution in [0.25, 0.3) is 0 Å². The van der Waals surface area contributed by atoms with Crippen LogP contribution < -0.4 is 5.32 Å². The third-order valence-corrected chi connectivity index (χ3v) is 3.23. The maximum Gasteiger partial charge on any atom is 0.326 e. The van der Waals surface area contributed by atoms with Gasteiger partial charge in [0.25, 0.3) is 0 Å². The van der Waals surface area contributed by atoms with Gasteiger partial charge in [-0.15, -0.1) is 0 Å². The molecule has 1 atom stereocenters. The van der Waals surface area contributed by atoms with Crippen molar-refractivity contribution in [3.8, 4) is 0 Å². The molecular formula is C15H21NO2. The molecule has 0 aromatic heterocycles. The SMILES string of the molecule is CCOC(=O)C(C)(Cc1ccccc1)NC1CC1. The summed E-state index contributed by atoms with van der Waals surface area (Å²) in [7, 11) is 0. The van der Waals surface area contributed by atoms with Crippen LogP contribution in [0, 0.1) is 0 Å². The van der Waals surface area contributed by atoms with Gasteiger partial charge < -0.3 is 4.74 Å². The van der Waals surface area contributed by atoms with Gasteiger partial charge in [0, 0.05) is 12.5 Å².